The quantitative estimate of drug-likeness (QED) is 0.632. The van der Waals surface area contributed by atoms with Crippen molar-refractivity contribution in [3.05, 3.63) is 65.5 Å². The van der Waals surface area contributed by atoms with Gasteiger partial charge in [-0.05, 0) is 43.7 Å². The Morgan fingerprint density at radius 2 is 1.92 bits per heavy atom. The van der Waals surface area contributed by atoms with E-state index in [1.165, 1.54) is 32.2 Å². The summed E-state index contributed by atoms with van der Waals surface area (Å²) in [6, 6.07) is 11.4. The van der Waals surface area contributed by atoms with E-state index in [9.17, 15) is 14.0 Å². The second kappa shape index (κ2) is 8.80. The van der Waals surface area contributed by atoms with E-state index in [4.69, 9.17) is 9.47 Å². The Balaban J connectivity index is 1.97. The zero-order valence-electron chi connectivity index (χ0n) is 14.8. The molecule has 6 heteroatoms. The fourth-order valence-corrected chi connectivity index (χ4v) is 2.19. The molecule has 26 heavy (non-hydrogen) atoms. The number of carbonyl (C=O) groups excluding carboxylic acids is 2. The number of aryl methyl sites for hydroxylation is 1. The van der Waals surface area contributed by atoms with Crippen molar-refractivity contribution >= 4 is 23.6 Å². The molecule has 0 heterocycles. The molecule has 0 spiro atoms. The van der Waals surface area contributed by atoms with Crippen molar-refractivity contribution in [2.24, 2.45) is 0 Å². The molecule has 0 bridgehead atoms. The van der Waals surface area contributed by atoms with Crippen LogP contribution in [0.25, 0.3) is 6.08 Å². The fraction of sp³-hybridized carbons (Fsp3) is 0.200. The van der Waals surface area contributed by atoms with Gasteiger partial charge in [-0.1, -0.05) is 24.3 Å². The van der Waals surface area contributed by atoms with Crippen LogP contribution in [0, 0.1) is 12.7 Å². The first-order chi connectivity index (χ1) is 12.4. The maximum atomic E-state index is 13.5. The smallest absolute Gasteiger partial charge is 0.331 e. The van der Waals surface area contributed by atoms with Crippen LogP contribution in [-0.2, 0) is 14.3 Å². The largest absolute Gasteiger partial charge is 0.495 e. The first-order valence-corrected chi connectivity index (χ1v) is 7.99. The molecular formula is C20H20FNO4. The van der Waals surface area contributed by atoms with Gasteiger partial charge in [-0.25, -0.2) is 9.18 Å². The summed E-state index contributed by atoms with van der Waals surface area (Å²) in [5, 5.41) is 2.67. The van der Waals surface area contributed by atoms with Crippen molar-refractivity contribution in [3.8, 4) is 5.75 Å². The Bertz CT molecular complexity index is 832. The Labute approximate surface area is 151 Å². The van der Waals surface area contributed by atoms with E-state index in [1.54, 1.807) is 24.3 Å². The zero-order valence-corrected chi connectivity index (χ0v) is 14.8. The standard InChI is InChI=1S/C20H20FNO4/c1-13-8-10-18(25-3)17(12-13)22-20(24)14(2)26-19(23)11-9-15-6-4-5-7-16(15)21/h4-12,14H,1-3H3,(H,22,24)/b11-9+/t14-/m0/s1. The van der Waals surface area contributed by atoms with Crippen molar-refractivity contribution in [1.82, 2.24) is 0 Å². The van der Waals surface area contributed by atoms with Gasteiger partial charge in [-0.3, -0.25) is 4.79 Å². The third kappa shape index (κ3) is 5.17. The van der Waals surface area contributed by atoms with E-state index in [1.807, 2.05) is 13.0 Å². The van der Waals surface area contributed by atoms with Crippen LogP contribution in [0.2, 0.25) is 0 Å². The van der Waals surface area contributed by atoms with Crippen molar-refractivity contribution in [3.63, 3.8) is 0 Å². The predicted molar refractivity (Wildman–Crippen MR) is 97.3 cm³/mol. The van der Waals surface area contributed by atoms with Crippen LogP contribution in [0.5, 0.6) is 5.75 Å². The second-order valence-corrected chi connectivity index (χ2v) is 5.63. The molecule has 1 amide bonds. The maximum absolute atomic E-state index is 13.5. The summed E-state index contributed by atoms with van der Waals surface area (Å²) in [7, 11) is 1.50. The Hall–Kier alpha value is -3.15. The average molecular weight is 357 g/mol. The molecule has 1 N–H and O–H groups in total. The van der Waals surface area contributed by atoms with Gasteiger partial charge in [0, 0.05) is 11.6 Å². The molecule has 5 nitrogen and oxygen atoms in total. The summed E-state index contributed by atoms with van der Waals surface area (Å²) in [4.78, 5) is 24.1. The number of halogens is 1. The lowest BCUT2D eigenvalue weighted by atomic mass is 10.2. The van der Waals surface area contributed by atoms with Crippen LogP contribution in [0.3, 0.4) is 0 Å². The molecule has 0 saturated heterocycles. The van der Waals surface area contributed by atoms with Gasteiger partial charge < -0.3 is 14.8 Å². The number of rotatable bonds is 6. The number of amides is 1. The zero-order chi connectivity index (χ0) is 19.1. The van der Waals surface area contributed by atoms with Crippen LogP contribution in [0.1, 0.15) is 18.1 Å². The maximum Gasteiger partial charge on any atom is 0.331 e. The van der Waals surface area contributed by atoms with Crippen LogP contribution < -0.4 is 10.1 Å². The number of hydrogen-bond acceptors (Lipinski definition) is 4. The summed E-state index contributed by atoms with van der Waals surface area (Å²) in [5.41, 5.74) is 1.69. The monoisotopic (exact) mass is 357 g/mol. The minimum Gasteiger partial charge on any atom is -0.495 e. The van der Waals surface area contributed by atoms with E-state index in [2.05, 4.69) is 5.32 Å². The first-order valence-electron chi connectivity index (χ1n) is 7.99. The molecule has 136 valence electrons. The molecule has 0 fully saturated rings. The van der Waals surface area contributed by atoms with Crippen molar-refractivity contribution in [2.45, 2.75) is 20.0 Å². The second-order valence-electron chi connectivity index (χ2n) is 5.63. The van der Waals surface area contributed by atoms with E-state index in [0.29, 0.717) is 11.4 Å². The Morgan fingerprint density at radius 3 is 2.62 bits per heavy atom. The van der Waals surface area contributed by atoms with Gasteiger partial charge in [-0.2, -0.15) is 0 Å². The molecule has 0 radical (unpaired) electrons. The summed E-state index contributed by atoms with van der Waals surface area (Å²) in [5.74, 6) is -1.19. The third-order valence-electron chi connectivity index (χ3n) is 3.58. The van der Waals surface area contributed by atoms with Crippen LogP contribution in [-0.4, -0.2) is 25.1 Å². The van der Waals surface area contributed by atoms with Gasteiger partial charge in [0.2, 0.25) is 0 Å². The molecule has 0 aliphatic rings. The number of nitrogens with one attached hydrogen (secondary N) is 1. The van der Waals surface area contributed by atoms with E-state index < -0.39 is 23.8 Å². The van der Waals surface area contributed by atoms with Gasteiger partial charge in [0.05, 0.1) is 12.8 Å². The highest BCUT2D eigenvalue weighted by Gasteiger charge is 2.18. The van der Waals surface area contributed by atoms with Gasteiger partial charge in [0.1, 0.15) is 11.6 Å². The average Bonchev–Trinajstić information content (AvgIpc) is 2.61. The number of benzene rings is 2. The number of carbonyl (C=O) groups is 2. The van der Waals surface area contributed by atoms with Gasteiger partial charge in [0.25, 0.3) is 5.91 Å². The van der Waals surface area contributed by atoms with E-state index in [-0.39, 0.29) is 5.56 Å². The molecule has 2 aromatic carbocycles. The van der Waals surface area contributed by atoms with Gasteiger partial charge >= 0.3 is 5.97 Å². The topological polar surface area (TPSA) is 64.6 Å². The third-order valence-corrected chi connectivity index (χ3v) is 3.58. The van der Waals surface area contributed by atoms with Crippen LogP contribution >= 0.6 is 0 Å². The highest BCUT2D eigenvalue weighted by atomic mass is 19.1. The minimum absolute atomic E-state index is 0.256. The molecule has 0 aromatic heterocycles. The molecular weight excluding hydrogens is 337 g/mol. The SMILES string of the molecule is COc1ccc(C)cc1NC(=O)[C@H](C)OC(=O)/C=C/c1ccccc1F. The Morgan fingerprint density at radius 1 is 1.19 bits per heavy atom. The van der Waals surface area contributed by atoms with Crippen LogP contribution in [0.15, 0.2) is 48.5 Å². The van der Waals surface area contributed by atoms with Crippen molar-refractivity contribution in [1.29, 1.82) is 0 Å². The number of esters is 1. The normalized spacial score (nSPS) is 11.8. The lowest BCUT2D eigenvalue weighted by molar-refractivity contribution is -0.148. The minimum atomic E-state index is -1.03. The van der Waals surface area contributed by atoms with Crippen molar-refractivity contribution < 1.29 is 23.5 Å². The Kier molecular flexibility index (Phi) is 6.49. The lowest BCUT2D eigenvalue weighted by Gasteiger charge is -2.15. The van der Waals surface area contributed by atoms with Gasteiger partial charge in [-0.15, -0.1) is 0 Å². The number of hydrogen-bond donors (Lipinski definition) is 1. The summed E-state index contributed by atoms with van der Waals surface area (Å²) in [6.45, 7) is 3.33. The van der Waals surface area contributed by atoms with Gasteiger partial charge in [0.15, 0.2) is 6.10 Å². The molecule has 0 saturated carbocycles. The molecule has 1 atom stereocenters. The molecule has 0 aliphatic heterocycles. The summed E-state index contributed by atoms with van der Waals surface area (Å²) >= 11 is 0. The highest BCUT2D eigenvalue weighted by Crippen LogP contribution is 2.25. The van der Waals surface area contributed by atoms with Crippen LogP contribution in [0.4, 0.5) is 10.1 Å². The summed E-state index contributed by atoms with van der Waals surface area (Å²) in [6.07, 6.45) is 1.35. The molecule has 2 rings (SSSR count). The highest BCUT2D eigenvalue weighted by molar-refractivity contribution is 5.97. The molecule has 0 unspecified atom stereocenters. The predicted octanol–water partition coefficient (Wildman–Crippen LogP) is 3.73. The fourth-order valence-electron chi connectivity index (χ4n) is 2.19. The lowest BCUT2D eigenvalue weighted by Crippen LogP contribution is -2.29. The van der Waals surface area contributed by atoms with E-state index in [0.717, 1.165) is 11.6 Å². The first kappa shape index (κ1) is 19.2. The molecule has 0 aliphatic carbocycles. The number of anilines is 1. The summed E-state index contributed by atoms with van der Waals surface area (Å²) < 4.78 is 23.7. The number of ether oxygens (including phenoxy) is 2. The number of methoxy groups -OCH3 is 1. The van der Waals surface area contributed by atoms with Crippen molar-refractivity contribution in [2.75, 3.05) is 12.4 Å². The molecule has 2 aromatic rings. The van der Waals surface area contributed by atoms with E-state index >= 15 is 0 Å².